The van der Waals surface area contributed by atoms with Crippen LogP contribution < -0.4 is 5.32 Å². The van der Waals surface area contributed by atoms with Gasteiger partial charge in [-0.25, -0.2) is 0 Å². The fourth-order valence-corrected chi connectivity index (χ4v) is 2.89. The molecular formula is C18H20INO. The molecule has 0 bridgehead atoms. The predicted octanol–water partition coefficient (Wildman–Crippen LogP) is 4.81. The fraction of sp³-hybridized carbons (Fsp3) is 0.278. The van der Waals surface area contributed by atoms with Crippen LogP contribution in [0.4, 0.5) is 5.69 Å². The topological polar surface area (TPSA) is 29.1 Å². The zero-order valence-electron chi connectivity index (χ0n) is 12.6. The minimum Gasteiger partial charge on any atom is -0.325 e. The first-order valence-corrected chi connectivity index (χ1v) is 8.08. The summed E-state index contributed by atoms with van der Waals surface area (Å²) < 4.78 is 1.17. The lowest BCUT2D eigenvalue weighted by Crippen LogP contribution is -2.33. The molecule has 0 aliphatic heterocycles. The van der Waals surface area contributed by atoms with Gasteiger partial charge in [-0.2, -0.15) is 0 Å². The van der Waals surface area contributed by atoms with E-state index in [0.29, 0.717) is 0 Å². The number of rotatable bonds is 4. The maximum Gasteiger partial charge on any atom is 0.230 e. The molecule has 0 saturated carbocycles. The van der Waals surface area contributed by atoms with Crippen molar-refractivity contribution < 1.29 is 4.79 Å². The summed E-state index contributed by atoms with van der Waals surface area (Å²) >= 11 is 2.27. The zero-order valence-corrected chi connectivity index (χ0v) is 14.8. The second-order valence-electron chi connectivity index (χ2n) is 5.96. The first kappa shape index (κ1) is 16.0. The standard InChI is InChI=1S/C18H20INO/c1-13-11-15(19)9-10-16(13)20-17(21)18(2,3)12-14-7-5-4-6-8-14/h4-11H,12H2,1-3H3,(H,20,21). The molecule has 2 nitrogen and oxygen atoms in total. The van der Waals surface area contributed by atoms with Gasteiger partial charge in [0.1, 0.15) is 0 Å². The van der Waals surface area contributed by atoms with Gasteiger partial charge in [0.2, 0.25) is 5.91 Å². The number of carbonyl (C=O) groups excluding carboxylic acids is 1. The smallest absolute Gasteiger partial charge is 0.230 e. The molecule has 2 rings (SSSR count). The quantitative estimate of drug-likeness (QED) is 0.743. The van der Waals surface area contributed by atoms with Crippen molar-refractivity contribution >= 4 is 34.2 Å². The minimum atomic E-state index is -0.448. The number of hydrogen-bond donors (Lipinski definition) is 1. The van der Waals surface area contributed by atoms with Crippen LogP contribution in [0, 0.1) is 15.9 Å². The third-order valence-corrected chi connectivity index (χ3v) is 4.21. The second kappa shape index (κ2) is 6.60. The molecule has 2 aromatic rings. The van der Waals surface area contributed by atoms with E-state index in [2.05, 4.69) is 46.1 Å². The SMILES string of the molecule is Cc1cc(I)ccc1NC(=O)C(C)(C)Cc1ccccc1. The molecule has 1 N–H and O–H groups in total. The van der Waals surface area contributed by atoms with Gasteiger partial charge in [-0.15, -0.1) is 0 Å². The summed E-state index contributed by atoms with van der Waals surface area (Å²) in [5.41, 5.74) is 2.71. The van der Waals surface area contributed by atoms with Gasteiger partial charge < -0.3 is 5.32 Å². The first-order chi connectivity index (χ1) is 9.88. The Morgan fingerprint density at radius 1 is 1.14 bits per heavy atom. The molecule has 0 fully saturated rings. The number of halogens is 1. The summed E-state index contributed by atoms with van der Waals surface area (Å²) in [7, 11) is 0. The summed E-state index contributed by atoms with van der Waals surface area (Å²) in [6, 6.07) is 16.2. The van der Waals surface area contributed by atoms with E-state index in [4.69, 9.17) is 0 Å². The largest absolute Gasteiger partial charge is 0.325 e. The molecule has 0 heterocycles. The van der Waals surface area contributed by atoms with E-state index < -0.39 is 5.41 Å². The summed E-state index contributed by atoms with van der Waals surface area (Å²) in [5, 5.41) is 3.06. The highest BCUT2D eigenvalue weighted by Gasteiger charge is 2.28. The van der Waals surface area contributed by atoms with Crippen LogP contribution in [0.25, 0.3) is 0 Å². The number of amides is 1. The average molecular weight is 393 g/mol. The monoisotopic (exact) mass is 393 g/mol. The summed E-state index contributed by atoms with van der Waals surface area (Å²) in [4.78, 5) is 12.6. The molecule has 0 atom stereocenters. The van der Waals surface area contributed by atoms with Crippen LogP contribution in [0.15, 0.2) is 48.5 Å². The van der Waals surface area contributed by atoms with E-state index in [-0.39, 0.29) is 5.91 Å². The molecule has 2 aromatic carbocycles. The van der Waals surface area contributed by atoms with Crippen molar-refractivity contribution in [1.29, 1.82) is 0 Å². The Kier molecular flexibility index (Phi) is 5.04. The fourth-order valence-electron chi connectivity index (χ4n) is 2.25. The van der Waals surface area contributed by atoms with E-state index in [1.165, 1.54) is 9.13 Å². The molecule has 21 heavy (non-hydrogen) atoms. The van der Waals surface area contributed by atoms with E-state index in [1.807, 2.05) is 51.1 Å². The van der Waals surface area contributed by atoms with Gasteiger partial charge in [0.05, 0.1) is 0 Å². The second-order valence-corrected chi connectivity index (χ2v) is 7.21. The molecule has 0 aromatic heterocycles. The number of hydrogen-bond acceptors (Lipinski definition) is 1. The number of aryl methyl sites for hydroxylation is 1. The van der Waals surface area contributed by atoms with Gasteiger partial charge in [0.15, 0.2) is 0 Å². The van der Waals surface area contributed by atoms with Crippen LogP contribution in [0.3, 0.4) is 0 Å². The molecule has 110 valence electrons. The van der Waals surface area contributed by atoms with Crippen LogP contribution in [0.5, 0.6) is 0 Å². The van der Waals surface area contributed by atoms with Gasteiger partial charge in [-0.3, -0.25) is 4.79 Å². The normalized spacial score (nSPS) is 11.2. The Labute approximate surface area is 140 Å². The van der Waals surface area contributed by atoms with Crippen molar-refractivity contribution in [2.24, 2.45) is 5.41 Å². The Bertz CT molecular complexity index is 635. The number of anilines is 1. The highest BCUT2D eigenvalue weighted by molar-refractivity contribution is 14.1. The molecule has 0 unspecified atom stereocenters. The van der Waals surface area contributed by atoms with Crippen LogP contribution in [0.1, 0.15) is 25.0 Å². The molecule has 1 amide bonds. The summed E-state index contributed by atoms with van der Waals surface area (Å²) in [5.74, 6) is 0.0515. The summed E-state index contributed by atoms with van der Waals surface area (Å²) in [6.07, 6.45) is 0.725. The van der Waals surface area contributed by atoms with E-state index in [9.17, 15) is 4.79 Å². The van der Waals surface area contributed by atoms with Crippen LogP contribution >= 0.6 is 22.6 Å². The first-order valence-electron chi connectivity index (χ1n) is 7.00. The van der Waals surface area contributed by atoms with Gasteiger partial charge >= 0.3 is 0 Å². The minimum absolute atomic E-state index is 0.0515. The van der Waals surface area contributed by atoms with E-state index in [0.717, 1.165) is 17.7 Å². The Morgan fingerprint density at radius 3 is 2.43 bits per heavy atom. The Balaban J connectivity index is 2.11. The third-order valence-electron chi connectivity index (χ3n) is 3.54. The van der Waals surface area contributed by atoms with Gasteiger partial charge in [0.25, 0.3) is 0 Å². The Hall–Kier alpha value is -1.36. The average Bonchev–Trinajstić information content (AvgIpc) is 2.42. The molecule has 0 radical (unpaired) electrons. The lowest BCUT2D eigenvalue weighted by atomic mass is 9.84. The lowest BCUT2D eigenvalue weighted by Gasteiger charge is -2.24. The van der Waals surface area contributed by atoms with Crippen molar-refractivity contribution in [1.82, 2.24) is 0 Å². The van der Waals surface area contributed by atoms with Crippen molar-refractivity contribution in [3.63, 3.8) is 0 Å². The molecule has 0 spiro atoms. The molecular weight excluding hydrogens is 373 g/mol. The van der Waals surface area contributed by atoms with Crippen molar-refractivity contribution in [2.75, 3.05) is 5.32 Å². The maximum absolute atomic E-state index is 12.6. The van der Waals surface area contributed by atoms with Crippen LogP contribution in [-0.2, 0) is 11.2 Å². The number of carbonyl (C=O) groups is 1. The molecule has 0 aliphatic rings. The molecule has 0 saturated heterocycles. The Morgan fingerprint density at radius 2 is 1.81 bits per heavy atom. The number of nitrogens with one attached hydrogen (secondary N) is 1. The highest BCUT2D eigenvalue weighted by Crippen LogP contribution is 2.25. The molecule has 3 heteroatoms. The van der Waals surface area contributed by atoms with E-state index >= 15 is 0 Å². The number of benzene rings is 2. The molecule has 0 aliphatic carbocycles. The van der Waals surface area contributed by atoms with Crippen LogP contribution in [-0.4, -0.2) is 5.91 Å². The summed E-state index contributed by atoms with van der Waals surface area (Å²) in [6.45, 7) is 5.98. The predicted molar refractivity (Wildman–Crippen MR) is 96.5 cm³/mol. The lowest BCUT2D eigenvalue weighted by molar-refractivity contribution is -0.123. The van der Waals surface area contributed by atoms with Crippen molar-refractivity contribution in [2.45, 2.75) is 27.2 Å². The zero-order chi connectivity index (χ0) is 15.5. The van der Waals surface area contributed by atoms with Gasteiger partial charge in [-0.1, -0.05) is 44.2 Å². The van der Waals surface area contributed by atoms with Crippen molar-refractivity contribution in [3.05, 3.63) is 63.2 Å². The maximum atomic E-state index is 12.6. The van der Waals surface area contributed by atoms with Gasteiger partial charge in [0, 0.05) is 14.7 Å². The van der Waals surface area contributed by atoms with Gasteiger partial charge in [-0.05, 0) is 65.3 Å². The van der Waals surface area contributed by atoms with Crippen molar-refractivity contribution in [3.8, 4) is 0 Å². The highest BCUT2D eigenvalue weighted by atomic mass is 127. The third kappa shape index (κ3) is 4.30. The van der Waals surface area contributed by atoms with E-state index in [1.54, 1.807) is 0 Å². The van der Waals surface area contributed by atoms with Crippen LogP contribution in [0.2, 0.25) is 0 Å².